The summed E-state index contributed by atoms with van der Waals surface area (Å²) in [6.07, 6.45) is 0.156. The third-order valence-electron chi connectivity index (χ3n) is 4.00. The molecule has 0 aliphatic heterocycles. The molecule has 6 heteroatoms. The summed E-state index contributed by atoms with van der Waals surface area (Å²) in [5, 5.41) is 6.94. The first-order valence-corrected chi connectivity index (χ1v) is 8.46. The predicted octanol–water partition coefficient (Wildman–Crippen LogP) is 3.93. The summed E-state index contributed by atoms with van der Waals surface area (Å²) in [6, 6.07) is 15.0. The Kier molecular flexibility index (Phi) is 5.41. The largest absolute Gasteiger partial charge is 0.344 e. The molecular formula is C20H20FN3O2. The molecule has 1 heterocycles. The van der Waals surface area contributed by atoms with E-state index in [0.717, 1.165) is 11.1 Å². The number of aromatic nitrogens is 2. The van der Waals surface area contributed by atoms with Gasteiger partial charge in [-0.15, -0.1) is 0 Å². The third kappa shape index (κ3) is 4.33. The maximum atomic E-state index is 13.0. The van der Waals surface area contributed by atoms with Crippen LogP contribution in [0, 0.1) is 11.7 Å². The van der Waals surface area contributed by atoms with Gasteiger partial charge in [0.15, 0.2) is 0 Å². The molecule has 5 nitrogen and oxygen atoms in total. The molecule has 1 amide bonds. The fraction of sp³-hybridized carbons (Fsp3) is 0.250. The lowest BCUT2D eigenvalue weighted by molar-refractivity contribution is -0.121. The van der Waals surface area contributed by atoms with Gasteiger partial charge in [-0.05, 0) is 23.6 Å². The lowest BCUT2D eigenvalue weighted by atomic mass is 10.0. The summed E-state index contributed by atoms with van der Waals surface area (Å²) in [7, 11) is 0. The fourth-order valence-electron chi connectivity index (χ4n) is 2.59. The maximum absolute atomic E-state index is 13.0. The highest BCUT2D eigenvalue weighted by molar-refractivity contribution is 5.78. The van der Waals surface area contributed by atoms with E-state index in [4.69, 9.17) is 4.52 Å². The summed E-state index contributed by atoms with van der Waals surface area (Å²) < 4.78 is 18.4. The molecule has 3 rings (SSSR count). The van der Waals surface area contributed by atoms with E-state index in [1.54, 1.807) is 12.1 Å². The van der Waals surface area contributed by atoms with Crippen molar-refractivity contribution in [1.29, 1.82) is 0 Å². The van der Waals surface area contributed by atoms with Gasteiger partial charge in [0.25, 0.3) is 0 Å². The molecule has 0 bridgehead atoms. The molecule has 0 spiro atoms. The minimum Gasteiger partial charge on any atom is -0.344 e. The molecule has 0 aliphatic carbocycles. The van der Waals surface area contributed by atoms with Gasteiger partial charge in [0.2, 0.25) is 17.6 Å². The van der Waals surface area contributed by atoms with Crippen LogP contribution < -0.4 is 5.32 Å². The highest BCUT2D eigenvalue weighted by atomic mass is 19.1. The molecule has 0 aliphatic rings. The van der Waals surface area contributed by atoms with E-state index in [0.29, 0.717) is 11.7 Å². The second kappa shape index (κ2) is 7.91. The zero-order valence-electron chi connectivity index (χ0n) is 14.6. The Balaban J connectivity index is 1.72. The van der Waals surface area contributed by atoms with Crippen LogP contribution in [0.4, 0.5) is 4.39 Å². The molecule has 1 atom stereocenters. The molecule has 0 radical (unpaired) electrons. The molecule has 0 saturated heterocycles. The number of carbonyl (C=O) groups excluding carboxylic acids is 1. The van der Waals surface area contributed by atoms with Gasteiger partial charge in [-0.2, -0.15) is 4.98 Å². The predicted molar refractivity (Wildman–Crippen MR) is 95.6 cm³/mol. The Labute approximate surface area is 151 Å². The van der Waals surface area contributed by atoms with Crippen LogP contribution in [0.5, 0.6) is 0 Å². The SMILES string of the molecule is CC(C)[C@@H](NC(=O)Cc1ccc(F)cc1)c1nc(-c2ccccc2)no1. The Morgan fingerprint density at radius 1 is 1.12 bits per heavy atom. The Morgan fingerprint density at radius 2 is 1.81 bits per heavy atom. The normalized spacial score (nSPS) is 12.2. The molecule has 2 aromatic carbocycles. The minimum absolute atomic E-state index is 0.0660. The second-order valence-electron chi connectivity index (χ2n) is 6.41. The summed E-state index contributed by atoms with van der Waals surface area (Å²) >= 11 is 0. The first-order valence-electron chi connectivity index (χ1n) is 8.46. The molecule has 3 aromatic rings. The van der Waals surface area contributed by atoms with Crippen LogP contribution in [0.1, 0.15) is 31.3 Å². The monoisotopic (exact) mass is 353 g/mol. The third-order valence-corrected chi connectivity index (χ3v) is 4.00. The lowest BCUT2D eigenvalue weighted by Gasteiger charge is -2.18. The van der Waals surface area contributed by atoms with Gasteiger partial charge < -0.3 is 9.84 Å². The van der Waals surface area contributed by atoms with E-state index in [2.05, 4.69) is 15.5 Å². The van der Waals surface area contributed by atoms with Gasteiger partial charge in [-0.3, -0.25) is 4.79 Å². The lowest BCUT2D eigenvalue weighted by Crippen LogP contribution is -2.33. The quantitative estimate of drug-likeness (QED) is 0.729. The first kappa shape index (κ1) is 17.8. The van der Waals surface area contributed by atoms with E-state index in [9.17, 15) is 9.18 Å². The van der Waals surface area contributed by atoms with Crippen molar-refractivity contribution in [3.05, 3.63) is 71.9 Å². The van der Waals surface area contributed by atoms with E-state index in [1.165, 1.54) is 12.1 Å². The van der Waals surface area contributed by atoms with Crippen LogP contribution >= 0.6 is 0 Å². The summed E-state index contributed by atoms with van der Waals surface area (Å²) in [4.78, 5) is 16.8. The van der Waals surface area contributed by atoms with Crippen LogP contribution in [0.2, 0.25) is 0 Å². The highest BCUT2D eigenvalue weighted by Gasteiger charge is 2.24. The molecule has 0 saturated carbocycles. The molecule has 0 fully saturated rings. The zero-order valence-corrected chi connectivity index (χ0v) is 14.6. The number of hydrogen-bond acceptors (Lipinski definition) is 4. The number of amides is 1. The van der Waals surface area contributed by atoms with Gasteiger partial charge in [0.05, 0.1) is 6.42 Å². The maximum Gasteiger partial charge on any atom is 0.249 e. The highest BCUT2D eigenvalue weighted by Crippen LogP contribution is 2.23. The van der Waals surface area contributed by atoms with Crippen LogP contribution in [0.15, 0.2) is 59.1 Å². The number of nitrogens with zero attached hydrogens (tertiary/aromatic N) is 2. The van der Waals surface area contributed by atoms with Crippen molar-refractivity contribution in [2.75, 3.05) is 0 Å². The van der Waals surface area contributed by atoms with Crippen molar-refractivity contribution in [3.8, 4) is 11.4 Å². The number of hydrogen-bond donors (Lipinski definition) is 1. The number of benzene rings is 2. The summed E-state index contributed by atoms with van der Waals surface area (Å²) in [5.74, 6) is 0.407. The molecule has 134 valence electrons. The Bertz CT molecular complexity index is 860. The Morgan fingerprint density at radius 3 is 2.46 bits per heavy atom. The Hall–Kier alpha value is -3.02. The van der Waals surface area contributed by atoms with Crippen molar-refractivity contribution in [2.45, 2.75) is 26.3 Å². The van der Waals surface area contributed by atoms with Crippen LogP contribution in [-0.2, 0) is 11.2 Å². The topological polar surface area (TPSA) is 68.0 Å². The first-order chi connectivity index (χ1) is 12.5. The number of halogens is 1. The van der Waals surface area contributed by atoms with Crippen LogP contribution in [0.25, 0.3) is 11.4 Å². The van der Waals surface area contributed by atoms with Gasteiger partial charge in [0.1, 0.15) is 11.9 Å². The zero-order chi connectivity index (χ0) is 18.5. The molecule has 26 heavy (non-hydrogen) atoms. The van der Waals surface area contributed by atoms with Gasteiger partial charge >= 0.3 is 0 Å². The van der Waals surface area contributed by atoms with Crippen molar-refractivity contribution >= 4 is 5.91 Å². The standard InChI is InChI=1S/C20H20FN3O2/c1-13(2)18(22-17(25)12-14-8-10-16(21)11-9-14)20-23-19(24-26-20)15-6-4-3-5-7-15/h3-11,13,18H,12H2,1-2H3,(H,22,25)/t18-/m1/s1. The average molecular weight is 353 g/mol. The van der Waals surface area contributed by atoms with Crippen LogP contribution in [0.3, 0.4) is 0 Å². The van der Waals surface area contributed by atoms with Crippen molar-refractivity contribution in [1.82, 2.24) is 15.5 Å². The van der Waals surface area contributed by atoms with Gasteiger partial charge in [-0.25, -0.2) is 4.39 Å². The van der Waals surface area contributed by atoms with E-state index in [1.807, 2.05) is 44.2 Å². The number of carbonyl (C=O) groups is 1. The average Bonchev–Trinajstić information content (AvgIpc) is 3.12. The molecule has 1 aromatic heterocycles. The van der Waals surface area contributed by atoms with Crippen molar-refractivity contribution in [2.24, 2.45) is 5.92 Å². The second-order valence-corrected chi connectivity index (χ2v) is 6.41. The summed E-state index contributed by atoms with van der Waals surface area (Å²) in [5.41, 5.74) is 1.59. The van der Waals surface area contributed by atoms with E-state index >= 15 is 0 Å². The smallest absolute Gasteiger partial charge is 0.249 e. The van der Waals surface area contributed by atoms with E-state index in [-0.39, 0.29) is 24.1 Å². The van der Waals surface area contributed by atoms with E-state index < -0.39 is 6.04 Å². The number of nitrogens with one attached hydrogen (secondary N) is 1. The molecule has 0 unspecified atom stereocenters. The van der Waals surface area contributed by atoms with Gasteiger partial charge in [-0.1, -0.05) is 61.5 Å². The van der Waals surface area contributed by atoms with Crippen molar-refractivity contribution < 1.29 is 13.7 Å². The molecule has 1 N–H and O–H groups in total. The fourth-order valence-corrected chi connectivity index (χ4v) is 2.59. The minimum atomic E-state index is -0.395. The summed E-state index contributed by atoms with van der Waals surface area (Å²) in [6.45, 7) is 3.93. The van der Waals surface area contributed by atoms with Gasteiger partial charge in [0, 0.05) is 5.56 Å². The van der Waals surface area contributed by atoms with Crippen LogP contribution in [-0.4, -0.2) is 16.0 Å². The van der Waals surface area contributed by atoms with Crippen molar-refractivity contribution in [3.63, 3.8) is 0 Å². The number of rotatable bonds is 6. The molecular weight excluding hydrogens is 333 g/mol.